The molecule has 0 radical (unpaired) electrons. The third-order valence-electron chi connectivity index (χ3n) is 4.81. The Morgan fingerprint density at radius 1 is 1.00 bits per heavy atom. The molecular weight excluding hydrogens is 445 g/mol. The first kappa shape index (κ1) is 21.9. The monoisotopic (exact) mass is 465 g/mol. The Morgan fingerprint density at radius 2 is 1.81 bits per heavy atom. The van der Waals surface area contributed by atoms with Gasteiger partial charge in [0.2, 0.25) is 0 Å². The number of aryl methyl sites for hydroxylation is 1. The van der Waals surface area contributed by atoms with E-state index in [1.54, 1.807) is 22.9 Å². The van der Waals surface area contributed by atoms with E-state index in [1.165, 1.54) is 0 Å². The molecule has 0 aliphatic rings. The number of hydrogen-bond acceptors (Lipinski definition) is 3. The highest BCUT2D eigenvalue weighted by atomic mass is 35.5. The molecule has 0 fully saturated rings. The van der Waals surface area contributed by atoms with Gasteiger partial charge in [0.15, 0.2) is 5.82 Å². The topological polar surface area (TPSA) is 56.1 Å². The van der Waals surface area contributed by atoms with Gasteiger partial charge in [0, 0.05) is 22.8 Å². The van der Waals surface area contributed by atoms with Crippen LogP contribution in [0.5, 0.6) is 5.75 Å². The minimum atomic E-state index is -0.239. The molecule has 0 saturated carbocycles. The van der Waals surface area contributed by atoms with Gasteiger partial charge in [0.1, 0.15) is 12.4 Å². The van der Waals surface area contributed by atoms with Gasteiger partial charge in [-0.1, -0.05) is 53.5 Å². The van der Waals surface area contributed by atoms with Crippen LogP contribution in [0.25, 0.3) is 0 Å². The molecule has 4 rings (SSSR count). The molecule has 0 saturated heterocycles. The molecule has 7 heteroatoms. The molecule has 5 nitrogen and oxygen atoms in total. The summed E-state index contributed by atoms with van der Waals surface area (Å²) in [5.41, 5.74) is 3.52. The Balaban J connectivity index is 1.38. The Bertz CT molecular complexity index is 1240. The van der Waals surface area contributed by atoms with Crippen LogP contribution < -0.4 is 10.1 Å². The quantitative estimate of drug-likeness (QED) is 0.344. The molecule has 1 N–H and O–H groups in total. The fourth-order valence-corrected chi connectivity index (χ4v) is 3.46. The van der Waals surface area contributed by atoms with E-state index in [4.69, 9.17) is 27.9 Å². The first-order valence-corrected chi connectivity index (χ1v) is 10.8. The van der Waals surface area contributed by atoms with E-state index in [0.717, 1.165) is 16.7 Å². The predicted molar refractivity (Wildman–Crippen MR) is 128 cm³/mol. The van der Waals surface area contributed by atoms with Gasteiger partial charge in [-0.25, -0.2) is 0 Å². The number of carbonyl (C=O) groups excluding carboxylic acids is 1. The molecule has 162 valence electrons. The fraction of sp³-hybridized carbons (Fsp3) is 0.120. The van der Waals surface area contributed by atoms with Crippen molar-refractivity contribution in [1.29, 1.82) is 0 Å². The molecule has 0 spiro atoms. The van der Waals surface area contributed by atoms with E-state index in [9.17, 15) is 4.79 Å². The SMILES string of the molecule is Cc1ccc(Cl)c(OCc2cccc(C(=O)Nc3ccn(Cc4ccc(Cl)cc4)n3)c2)c1. The third kappa shape index (κ3) is 5.69. The zero-order chi connectivity index (χ0) is 22.5. The lowest BCUT2D eigenvalue weighted by Crippen LogP contribution is -2.13. The Kier molecular flexibility index (Phi) is 6.78. The number of ether oxygens (including phenoxy) is 1. The summed E-state index contributed by atoms with van der Waals surface area (Å²) in [6.07, 6.45) is 1.82. The molecule has 0 bridgehead atoms. The number of halogens is 2. The van der Waals surface area contributed by atoms with E-state index in [2.05, 4.69) is 10.4 Å². The number of anilines is 1. The summed E-state index contributed by atoms with van der Waals surface area (Å²) < 4.78 is 7.60. The standard InChI is InChI=1S/C25H21Cl2N3O2/c1-17-5-10-22(27)23(13-17)32-16-19-3-2-4-20(14-19)25(31)28-24-11-12-30(29-24)15-18-6-8-21(26)9-7-18/h2-14H,15-16H2,1H3,(H,28,29,31). The Hall–Kier alpha value is -3.28. The number of rotatable bonds is 7. The second-order valence-electron chi connectivity index (χ2n) is 7.40. The Labute approximate surface area is 196 Å². The van der Waals surface area contributed by atoms with Crippen LogP contribution in [0, 0.1) is 6.92 Å². The molecule has 0 unspecified atom stereocenters. The van der Waals surface area contributed by atoms with Gasteiger partial charge in [0.05, 0.1) is 11.6 Å². The summed E-state index contributed by atoms with van der Waals surface area (Å²) in [7, 11) is 0. The number of carbonyl (C=O) groups is 1. The van der Waals surface area contributed by atoms with Gasteiger partial charge in [-0.3, -0.25) is 9.48 Å². The van der Waals surface area contributed by atoms with Crippen molar-refractivity contribution in [2.75, 3.05) is 5.32 Å². The van der Waals surface area contributed by atoms with Crippen molar-refractivity contribution in [2.45, 2.75) is 20.1 Å². The summed E-state index contributed by atoms with van der Waals surface area (Å²) in [5, 5.41) is 8.51. The maximum atomic E-state index is 12.7. The zero-order valence-electron chi connectivity index (χ0n) is 17.4. The minimum Gasteiger partial charge on any atom is -0.487 e. The molecule has 0 aliphatic heterocycles. The normalized spacial score (nSPS) is 10.7. The van der Waals surface area contributed by atoms with Gasteiger partial charge in [0.25, 0.3) is 5.91 Å². The van der Waals surface area contributed by atoms with Crippen LogP contribution in [-0.4, -0.2) is 15.7 Å². The van der Waals surface area contributed by atoms with Crippen molar-refractivity contribution >= 4 is 34.9 Å². The highest BCUT2D eigenvalue weighted by Gasteiger charge is 2.10. The van der Waals surface area contributed by atoms with Crippen LogP contribution in [0.1, 0.15) is 27.0 Å². The fourth-order valence-electron chi connectivity index (χ4n) is 3.17. The maximum absolute atomic E-state index is 12.7. The molecular formula is C25H21Cl2N3O2. The number of amides is 1. The van der Waals surface area contributed by atoms with Gasteiger partial charge in [-0.05, 0) is 60.0 Å². The molecule has 1 amide bonds. The first-order valence-electron chi connectivity index (χ1n) is 10.0. The number of aromatic nitrogens is 2. The van der Waals surface area contributed by atoms with Gasteiger partial charge >= 0.3 is 0 Å². The molecule has 4 aromatic rings. The summed E-state index contributed by atoms with van der Waals surface area (Å²) >= 11 is 12.1. The number of hydrogen-bond donors (Lipinski definition) is 1. The van der Waals surface area contributed by atoms with Crippen LogP contribution in [0.15, 0.2) is 79.0 Å². The van der Waals surface area contributed by atoms with Crippen molar-refractivity contribution in [3.63, 3.8) is 0 Å². The number of benzene rings is 3. The van der Waals surface area contributed by atoms with Gasteiger partial charge < -0.3 is 10.1 Å². The van der Waals surface area contributed by atoms with E-state index < -0.39 is 0 Å². The summed E-state index contributed by atoms with van der Waals surface area (Å²) in [6, 6.07) is 22.2. The second kappa shape index (κ2) is 9.90. The van der Waals surface area contributed by atoms with Crippen LogP contribution in [0.3, 0.4) is 0 Å². The summed E-state index contributed by atoms with van der Waals surface area (Å²) in [5.74, 6) is 0.863. The maximum Gasteiger partial charge on any atom is 0.256 e. The van der Waals surface area contributed by atoms with Gasteiger partial charge in [-0.15, -0.1) is 0 Å². The van der Waals surface area contributed by atoms with E-state index in [-0.39, 0.29) is 5.91 Å². The van der Waals surface area contributed by atoms with Crippen molar-refractivity contribution in [3.8, 4) is 5.75 Å². The Morgan fingerprint density at radius 3 is 2.62 bits per heavy atom. The molecule has 0 aliphatic carbocycles. The lowest BCUT2D eigenvalue weighted by Gasteiger charge is -2.10. The highest BCUT2D eigenvalue weighted by Crippen LogP contribution is 2.26. The largest absolute Gasteiger partial charge is 0.487 e. The van der Waals surface area contributed by atoms with Gasteiger partial charge in [-0.2, -0.15) is 5.10 Å². The van der Waals surface area contributed by atoms with E-state index >= 15 is 0 Å². The smallest absolute Gasteiger partial charge is 0.256 e. The summed E-state index contributed by atoms with van der Waals surface area (Å²) in [6.45, 7) is 2.87. The lowest BCUT2D eigenvalue weighted by atomic mass is 10.1. The first-order chi connectivity index (χ1) is 15.5. The lowest BCUT2D eigenvalue weighted by molar-refractivity contribution is 0.102. The molecule has 32 heavy (non-hydrogen) atoms. The molecule has 1 aromatic heterocycles. The average molecular weight is 466 g/mol. The van der Waals surface area contributed by atoms with Crippen molar-refractivity contribution in [1.82, 2.24) is 9.78 Å². The summed E-state index contributed by atoms with van der Waals surface area (Å²) in [4.78, 5) is 12.7. The zero-order valence-corrected chi connectivity index (χ0v) is 18.9. The van der Waals surface area contributed by atoms with Crippen LogP contribution >= 0.6 is 23.2 Å². The van der Waals surface area contributed by atoms with Crippen LogP contribution in [0.2, 0.25) is 10.0 Å². The highest BCUT2D eigenvalue weighted by molar-refractivity contribution is 6.32. The van der Waals surface area contributed by atoms with E-state index in [1.807, 2.05) is 67.7 Å². The minimum absolute atomic E-state index is 0.239. The third-order valence-corrected chi connectivity index (χ3v) is 5.37. The number of nitrogens with zero attached hydrogens (tertiary/aromatic N) is 2. The van der Waals surface area contributed by atoms with Crippen LogP contribution in [-0.2, 0) is 13.2 Å². The second-order valence-corrected chi connectivity index (χ2v) is 8.25. The van der Waals surface area contributed by atoms with E-state index in [0.29, 0.717) is 40.3 Å². The van der Waals surface area contributed by atoms with Crippen molar-refractivity contribution in [3.05, 3.63) is 111 Å². The van der Waals surface area contributed by atoms with Crippen molar-refractivity contribution < 1.29 is 9.53 Å². The molecule has 1 heterocycles. The van der Waals surface area contributed by atoms with Crippen LogP contribution in [0.4, 0.5) is 5.82 Å². The van der Waals surface area contributed by atoms with Crippen molar-refractivity contribution in [2.24, 2.45) is 0 Å². The predicted octanol–water partition coefficient (Wildman–Crippen LogP) is 6.38. The average Bonchev–Trinajstić information content (AvgIpc) is 3.23. The number of nitrogens with one attached hydrogen (secondary N) is 1. The molecule has 3 aromatic carbocycles. The molecule has 0 atom stereocenters.